The Kier molecular flexibility index (Phi) is 5.34. The summed E-state index contributed by atoms with van der Waals surface area (Å²) < 4.78 is 18.3. The molecule has 1 aliphatic rings. The van der Waals surface area contributed by atoms with Crippen LogP contribution in [0.25, 0.3) is 0 Å². The van der Waals surface area contributed by atoms with Gasteiger partial charge < -0.3 is 9.84 Å². The Labute approximate surface area is 122 Å². The number of aliphatic carboxylic acids is 1. The first-order valence-corrected chi connectivity index (χ1v) is 6.92. The van der Waals surface area contributed by atoms with Gasteiger partial charge in [0.2, 0.25) is 0 Å². The lowest BCUT2D eigenvalue weighted by atomic mass is 10.1. The Morgan fingerprint density at radius 3 is 2.75 bits per heavy atom. The average Bonchev–Trinajstić information content (AvgIpc) is 2.42. The van der Waals surface area contributed by atoms with Crippen LogP contribution in [0.15, 0.2) is 18.2 Å². The highest BCUT2D eigenvalue weighted by Crippen LogP contribution is 2.20. The van der Waals surface area contributed by atoms with Crippen LogP contribution in [-0.4, -0.2) is 41.8 Å². The first kappa shape index (κ1) is 15.2. The van der Waals surface area contributed by atoms with Gasteiger partial charge in [-0.05, 0) is 30.5 Å². The first-order chi connectivity index (χ1) is 9.54. The SMILES string of the molecule is O=C(O)COC1CCN(Cc2ccc(F)c(Cl)c2)CC1. The Bertz CT molecular complexity index is 475. The molecule has 1 aromatic rings. The molecule has 2 rings (SSSR count). The standard InChI is InChI=1S/C14H17ClFNO3/c15-12-7-10(1-2-13(12)16)8-17-5-3-11(4-6-17)20-9-14(18)19/h1-2,7,11H,3-6,8-9H2,(H,18,19). The van der Waals surface area contributed by atoms with Gasteiger partial charge in [0.05, 0.1) is 11.1 Å². The molecule has 4 nitrogen and oxygen atoms in total. The van der Waals surface area contributed by atoms with Crippen molar-refractivity contribution >= 4 is 17.6 Å². The summed E-state index contributed by atoms with van der Waals surface area (Å²) in [6.45, 7) is 2.14. The van der Waals surface area contributed by atoms with Gasteiger partial charge in [0, 0.05) is 19.6 Å². The molecule has 0 unspecified atom stereocenters. The van der Waals surface area contributed by atoms with E-state index in [4.69, 9.17) is 21.4 Å². The lowest BCUT2D eigenvalue weighted by molar-refractivity contribution is -0.145. The van der Waals surface area contributed by atoms with Gasteiger partial charge in [-0.2, -0.15) is 0 Å². The van der Waals surface area contributed by atoms with Crippen LogP contribution in [0, 0.1) is 5.82 Å². The highest BCUT2D eigenvalue weighted by Gasteiger charge is 2.20. The van der Waals surface area contributed by atoms with Gasteiger partial charge >= 0.3 is 5.97 Å². The van der Waals surface area contributed by atoms with Crippen molar-refractivity contribution in [3.05, 3.63) is 34.6 Å². The monoisotopic (exact) mass is 301 g/mol. The van der Waals surface area contributed by atoms with E-state index in [2.05, 4.69) is 4.90 Å². The third kappa shape index (κ3) is 4.44. The first-order valence-electron chi connectivity index (χ1n) is 6.54. The number of carboxylic acid groups (broad SMARTS) is 1. The third-order valence-corrected chi connectivity index (χ3v) is 3.66. The van der Waals surface area contributed by atoms with E-state index in [1.807, 2.05) is 0 Å². The van der Waals surface area contributed by atoms with Gasteiger partial charge in [-0.15, -0.1) is 0 Å². The average molecular weight is 302 g/mol. The number of hydrogen-bond donors (Lipinski definition) is 1. The second-order valence-corrected chi connectivity index (χ2v) is 5.34. The molecular formula is C14H17ClFNO3. The third-order valence-electron chi connectivity index (χ3n) is 3.37. The Morgan fingerprint density at radius 1 is 1.45 bits per heavy atom. The highest BCUT2D eigenvalue weighted by atomic mass is 35.5. The van der Waals surface area contributed by atoms with E-state index in [0.29, 0.717) is 6.54 Å². The van der Waals surface area contributed by atoms with E-state index in [9.17, 15) is 9.18 Å². The summed E-state index contributed by atoms with van der Waals surface area (Å²) in [6, 6.07) is 4.75. The van der Waals surface area contributed by atoms with E-state index < -0.39 is 11.8 Å². The smallest absolute Gasteiger partial charge is 0.329 e. The van der Waals surface area contributed by atoms with Gasteiger partial charge in [-0.25, -0.2) is 9.18 Å². The van der Waals surface area contributed by atoms with E-state index >= 15 is 0 Å². The van der Waals surface area contributed by atoms with Gasteiger partial charge in [0.15, 0.2) is 0 Å². The fourth-order valence-corrected chi connectivity index (χ4v) is 2.52. The summed E-state index contributed by atoms with van der Waals surface area (Å²) in [4.78, 5) is 12.7. The molecular weight excluding hydrogens is 285 g/mol. The topological polar surface area (TPSA) is 49.8 Å². The minimum atomic E-state index is -0.937. The molecule has 0 bridgehead atoms. The number of halogens is 2. The molecule has 0 atom stereocenters. The van der Waals surface area contributed by atoms with Gasteiger partial charge in [0.1, 0.15) is 12.4 Å². The van der Waals surface area contributed by atoms with Crippen molar-refractivity contribution in [3.8, 4) is 0 Å². The van der Waals surface area contributed by atoms with E-state index in [1.165, 1.54) is 6.07 Å². The normalized spacial score (nSPS) is 17.3. The number of ether oxygens (including phenoxy) is 1. The van der Waals surface area contributed by atoms with Crippen LogP contribution < -0.4 is 0 Å². The lowest BCUT2D eigenvalue weighted by Crippen LogP contribution is -2.37. The quantitative estimate of drug-likeness (QED) is 0.908. The molecule has 1 fully saturated rings. The fourth-order valence-electron chi connectivity index (χ4n) is 2.32. The van der Waals surface area contributed by atoms with Crippen molar-refractivity contribution in [2.24, 2.45) is 0 Å². The van der Waals surface area contributed by atoms with Crippen LogP contribution in [0.3, 0.4) is 0 Å². The summed E-state index contributed by atoms with van der Waals surface area (Å²) in [5.74, 6) is -1.34. The second-order valence-electron chi connectivity index (χ2n) is 4.93. The molecule has 0 saturated carbocycles. The molecule has 1 heterocycles. The zero-order valence-corrected chi connectivity index (χ0v) is 11.8. The van der Waals surface area contributed by atoms with Crippen molar-refractivity contribution in [3.63, 3.8) is 0 Å². The number of benzene rings is 1. The maximum atomic E-state index is 13.1. The maximum absolute atomic E-state index is 13.1. The minimum absolute atomic E-state index is 0.0131. The molecule has 0 aromatic heterocycles. The number of carboxylic acids is 1. The maximum Gasteiger partial charge on any atom is 0.329 e. The van der Waals surface area contributed by atoms with Gasteiger partial charge in [-0.3, -0.25) is 4.90 Å². The number of likely N-dealkylation sites (tertiary alicyclic amines) is 1. The number of rotatable bonds is 5. The summed E-state index contributed by atoms with van der Waals surface area (Å²) in [5, 5.41) is 8.70. The van der Waals surface area contributed by atoms with Crippen molar-refractivity contribution in [1.82, 2.24) is 4.90 Å². The van der Waals surface area contributed by atoms with Crippen molar-refractivity contribution in [1.29, 1.82) is 0 Å². The molecule has 1 aliphatic heterocycles. The molecule has 1 N–H and O–H groups in total. The molecule has 20 heavy (non-hydrogen) atoms. The summed E-state index contributed by atoms with van der Waals surface area (Å²) in [6.07, 6.45) is 1.63. The van der Waals surface area contributed by atoms with Crippen molar-refractivity contribution < 1.29 is 19.0 Å². The Hall–Kier alpha value is -1.17. The predicted octanol–water partition coefficient (Wildman–Crippen LogP) is 2.54. The molecule has 0 radical (unpaired) electrons. The predicted molar refractivity (Wildman–Crippen MR) is 73.3 cm³/mol. The highest BCUT2D eigenvalue weighted by molar-refractivity contribution is 6.30. The zero-order valence-electron chi connectivity index (χ0n) is 11.0. The van der Waals surface area contributed by atoms with Gasteiger partial charge in [0.25, 0.3) is 0 Å². The molecule has 0 spiro atoms. The van der Waals surface area contributed by atoms with Crippen LogP contribution in [0.5, 0.6) is 0 Å². The molecule has 1 aromatic carbocycles. The van der Waals surface area contributed by atoms with Crippen LogP contribution in [0.4, 0.5) is 4.39 Å². The van der Waals surface area contributed by atoms with Gasteiger partial charge in [-0.1, -0.05) is 17.7 Å². The second kappa shape index (κ2) is 7.02. The van der Waals surface area contributed by atoms with E-state index in [-0.39, 0.29) is 17.7 Å². The number of nitrogens with zero attached hydrogens (tertiary/aromatic N) is 1. The van der Waals surface area contributed by atoms with Crippen LogP contribution in [0.1, 0.15) is 18.4 Å². The summed E-state index contributed by atoms with van der Waals surface area (Å²) >= 11 is 5.76. The molecule has 110 valence electrons. The number of carbonyl (C=O) groups is 1. The van der Waals surface area contributed by atoms with Crippen molar-refractivity contribution in [2.75, 3.05) is 19.7 Å². The van der Waals surface area contributed by atoms with E-state index in [1.54, 1.807) is 12.1 Å². The zero-order chi connectivity index (χ0) is 14.5. The summed E-state index contributed by atoms with van der Waals surface area (Å²) in [5.41, 5.74) is 0.973. The number of piperidine rings is 1. The molecule has 0 amide bonds. The Balaban J connectivity index is 1.79. The van der Waals surface area contributed by atoms with Crippen LogP contribution >= 0.6 is 11.6 Å². The molecule has 6 heteroatoms. The van der Waals surface area contributed by atoms with Crippen molar-refractivity contribution in [2.45, 2.75) is 25.5 Å². The van der Waals surface area contributed by atoms with E-state index in [0.717, 1.165) is 31.5 Å². The fraction of sp³-hybridized carbons (Fsp3) is 0.500. The molecule has 0 aliphatic carbocycles. The minimum Gasteiger partial charge on any atom is -0.480 e. The lowest BCUT2D eigenvalue weighted by Gasteiger charge is -2.31. The Morgan fingerprint density at radius 2 is 2.15 bits per heavy atom. The summed E-state index contributed by atoms with van der Waals surface area (Å²) in [7, 11) is 0. The number of hydrogen-bond acceptors (Lipinski definition) is 3. The largest absolute Gasteiger partial charge is 0.480 e. The van der Waals surface area contributed by atoms with Crippen LogP contribution in [0.2, 0.25) is 5.02 Å². The van der Waals surface area contributed by atoms with Crippen LogP contribution in [-0.2, 0) is 16.1 Å². The molecule has 1 saturated heterocycles.